The summed E-state index contributed by atoms with van der Waals surface area (Å²) in [5, 5.41) is 22.7. The minimum absolute atomic E-state index is 0.00589. The molecule has 11 nitrogen and oxygen atoms in total. The average molecular weight is 621 g/mol. The van der Waals surface area contributed by atoms with Crippen LogP contribution in [0.5, 0.6) is 0 Å². The van der Waals surface area contributed by atoms with Crippen molar-refractivity contribution in [3.63, 3.8) is 0 Å². The number of nitrogens with one attached hydrogen (secondary N) is 2. The fourth-order valence-corrected chi connectivity index (χ4v) is 3.94. The molecule has 0 saturated carbocycles. The summed E-state index contributed by atoms with van der Waals surface area (Å²) in [6, 6.07) is 15.8. The number of para-hydroxylation sites is 2. The van der Waals surface area contributed by atoms with E-state index < -0.39 is 24.3 Å². The first kappa shape index (κ1) is 34.7. The SMILES string of the molecule is CCOC(=O)C[NH+]1C(CNC(=O)[C@@H]2Cc3ccccc3C[NH2+]2)=Nc2ccccc21.O=C([O-])C(F)(F)F.O=C([O-])C(F)(F)F. The van der Waals surface area contributed by atoms with Gasteiger partial charge in [-0.25, -0.2) is 9.69 Å². The zero-order valence-electron chi connectivity index (χ0n) is 22.4. The predicted molar refractivity (Wildman–Crippen MR) is 130 cm³/mol. The van der Waals surface area contributed by atoms with Crippen LogP contribution in [0.1, 0.15) is 18.1 Å². The molecule has 234 valence electrons. The number of halogens is 6. The van der Waals surface area contributed by atoms with E-state index in [1.54, 1.807) is 6.92 Å². The van der Waals surface area contributed by atoms with E-state index in [4.69, 9.17) is 24.5 Å². The van der Waals surface area contributed by atoms with E-state index in [1.807, 2.05) is 36.4 Å². The van der Waals surface area contributed by atoms with E-state index in [9.17, 15) is 35.9 Å². The predicted octanol–water partition coefficient (Wildman–Crippen LogP) is -1.79. The largest absolute Gasteiger partial charge is 0.542 e. The first-order valence-electron chi connectivity index (χ1n) is 12.5. The van der Waals surface area contributed by atoms with Gasteiger partial charge in [0.05, 0.1) is 6.61 Å². The summed E-state index contributed by atoms with van der Waals surface area (Å²) >= 11 is 0. The maximum Gasteiger partial charge on any atom is 0.430 e. The van der Waals surface area contributed by atoms with Crippen LogP contribution in [0.15, 0.2) is 53.5 Å². The summed E-state index contributed by atoms with van der Waals surface area (Å²) in [5.41, 5.74) is 4.28. The molecule has 2 aliphatic rings. The van der Waals surface area contributed by atoms with Crippen LogP contribution >= 0.6 is 0 Å². The number of aliphatic imine (C=N–C) groups is 1. The van der Waals surface area contributed by atoms with Gasteiger partial charge >= 0.3 is 18.3 Å². The fourth-order valence-electron chi connectivity index (χ4n) is 3.94. The maximum atomic E-state index is 12.8. The van der Waals surface area contributed by atoms with Gasteiger partial charge in [-0.2, -0.15) is 31.3 Å². The van der Waals surface area contributed by atoms with Crippen LogP contribution in [0.2, 0.25) is 0 Å². The van der Waals surface area contributed by atoms with Crippen LogP contribution in [-0.2, 0) is 36.9 Å². The topological polar surface area (TPSA) is 169 Å². The number of benzene rings is 2. The summed E-state index contributed by atoms with van der Waals surface area (Å²) in [5.74, 6) is -5.58. The monoisotopic (exact) mass is 620 g/mol. The highest BCUT2D eigenvalue weighted by molar-refractivity contribution is 5.92. The Hall–Kier alpha value is -4.51. The second kappa shape index (κ2) is 15.1. The van der Waals surface area contributed by atoms with Crippen molar-refractivity contribution < 1.29 is 70.7 Å². The zero-order valence-corrected chi connectivity index (χ0v) is 22.4. The van der Waals surface area contributed by atoms with Gasteiger partial charge < -0.3 is 35.2 Å². The number of hydrogen-bond donors (Lipinski definition) is 3. The number of carbonyl (C=O) groups excluding carboxylic acids is 4. The molecule has 43 heavy (non-hydrogen) atoms. The van der Waals surface area contributed by atoms with Crippen molar-refractivity contribution in [2.75, 3.05) is 19.7 Å². The highest BCUT2D eigenvalue weighted by Crippen LogP contribution is 2.24. The van der Waals surface area contributed by atoms with Gasteiger partial charge in [-0.05, 0) is 18.6 Å². The van der Waals surface area contributed by atoms with E-state index in [0.29, 0.717) is 19.6 Å². The van der Waals surface area contributed by atoms with Gasteiger partial charge in [-0.15, -0.1) is 0 Å². The van der Waals surface area contributed by atoms with Gasteiger partial charge in [0.25, 0.3) is 5.91 Å². The van der Waals surface area contributed by atoms with Crippen LogP contribution in [0, 0.1) is 0 Å². The maximum absolute atomic E-state index is 12.8. The Morgan fingerprint density at radius 1 is 0.953 bits per heavy atom. The third-order valence-corrected chi connectivity index (χ3v) is 5.87. The van der Waals surface area contributed by atoms with E-state index in [2.05, 4.69) is 27.8 Å². The minimum atomic E-state index is -5.19. The number of rotatable bonds is 6. The number of carboxylic acid groups (broad SMARTS) is 2. The van der Waals surface area contributed by atoms with Crippen LogP contribution < -0.4 is 25.7 Å². The molecule has 4 N–H and O–H groups in total. The molecular weight excluding hydrogens is 594 g/mol. The number of amides is 1. The number of hydrogen-bond acceptors (Lipinski definition) is 8. The highest BCUT2D eigenvalue weighted by Gasteiger charge is 2.34. The summed E-state index contributed by atoms with van der Waals surface area (Å²) < 4.78 is 68.2. The van der Waals surface area contributed by atoms with Crippen LogP contribution in [-0.4, -0.2) is 67.7 Å². The molecule has 17 heteroatoms. The van der Waals surface area contributed by atoms with E-state index >= 15 is 0 Å². The number of esters is 1. The molecule has 0 saturated heterocycles. The van der Waals surface area contributed by atoms with Gasteiger partial charge in [0.2, 0.25) is 5.84 Å². The first-order valence-corrected chi connectivity index (χ1v) is 12.5. The third kappa shape index (κ3) is 10.7. The molecule has 2 heterocycles. The number of fused-ring (bicyclic) bond motifs is 2. The Kier molecular flexibility index (Phi) is 12.2. The molecule has 2 aromatic carbocycles. The second-order valence-electron chi connectivity index (χ2n) is 8.84. The van der Waals surface area contributed by atoms with Crippen molar-refractivity contribution in [1.29, 1.82) is 0 Å². The van der Waals surface area contributed by atoms with E-state index in [0.717, 1.165) is 28.7 Å². The van der Waals surface area contributed by atoms with Gasteiger partial charge in [0.1, 0.15) is 30.7 Å². The lowest BCUT2D eigenvalue weighted by atomic mass is 9.95. The molecule has 1 unspecified atom stereocenters. The van der Waals surface area contributed by atoms with Crippen LogP contribution in [0.25, 0.3) is 0 Å². The van der Waals surface area contributed by atoms with Crippen molar-refractivity contribution in [2.24, 2.45) is 4.99 Å². The lowest BCUT2D eigenvalue weighted by Crippen LogP contribution is -3.11. The lowest BCUT2D eigenvalue weighted by Gasteiger charge is -2.22. The number of alkyl halides is 6. The Balaban J connectivity index is 0.000000384. The number of aliphatic carboxylic acids is 2. The highest BCUT2D eigenvalue weighted by atomic mass is 19.4. The number of amidine groups is 1. The van der Waals surface area contributed by atoms with Crippen molar-refractivity contribution in [3.8, 4) is 0 Å². The molecule has 4 rings (SSSR count). The van der Waals surface area contributed by atoms with Gasteiger partial charge in [0.15, 0.2) is 18.3 Å². The Morgan fingerprint density at radius 2 is 1.49 bits per heavy atom. The lowest BCUT2D eigenvalue weighted by molar-refractivity contribution is -0.720. The molecule has 2 atom stereocenters. The minimum Gasteiger partial charge on any atom is -0.542 e. The molecule has 0 aliphatic carbocycles. The number of nitrogens with two attached hydrogens (primary N) is 1. The smallest absolute Gasteiger partial charge is 0.430 e. The van der Waals surface area contributed by atoms with Crippen molar-refractivity contribution in [1.82, 2.24) is 5.32 Å². The summed E-state index contributed by atoms with van der Waals surface area (Å²) in [7, 11) is 0. The zero-order chi connectivity index (χ0) is 32.4. The number of quaternary nitrogens is 2. The molecule has 0 spiro atoms. The second-order valence-corrected chi connectivity index (χ2v) is 8.84. The van der Waals surface area contributed by atoms with Gasteiger partial charge in [-0.3, -0.25) is 4.79 Å². The first-order chi connectivity index (χ1) is 20.0. The quantitative estimate of drug-likeness (QED) is 0.253. The van der Waals surface area contributed by atoms with Crippen molar-refractivity contribution in [2.45, 2.75) is 38.3 Å². The summed E-state index contributed by atoms with van der Waals surface area (Å²) in [6.45, 7) is 3.40. The molecule has 0 bridgehead atoms. The average Bonchev–Trinajstić information content (AvgIpc) is 3.28. The van der Waals surface area contributed by atoms with Gasteiger partial charge in [-0.1, -0.05) is 36.4 Å². The van der Waals surface area contributed by atoms with E-state index in [-0.39, 0.29) is 24.5 Å². The molecule has 0 fully saturated rings. The summed E-state index contributed by atoms with van der Waals surface area (Å²) in [6.07, 6.45) is -9.67. The number of ether oxygens (including phenoxy) is 1. The normalized spacial score (nSPS) is 17.0. The molecule has 0 aromatic heterocycles. The number of nitrogens with zero attached hydrogens (tertiary/aromatic N) is 1. The van der Waals surface area contributed by atoms with Crippen LogP contribution in [0.3, 0.4) is 0 Å². The molecule has 1 amide bonds. The Morgan fingerprint density at radius 3 is 2.05 bits per heavy atom. The standard InChI is InChI=1S/C22H24N4O3.2C2HF3O2/c1-2-29-21(27)14-26-19-10-6-5-9-17(19)25-20(26)13-24-22(28)18-11-15-7-3-4-8-16(15)12-23-18;2*3-2(4,5)1(6)7/h3-10,18,23H,2,11-14H2,1H3,(H,24,28);2*(H,6,7)/t18-;;/m0../s1. The Labute approximate surface area is 240 Å². The fraction of sp³-hybridized carbons (Fsp3) is 0.346. The van der Waals surface area contributed by atoms with Gasteiger partial charge in [0, 0.05) is 18.1 Å². The van der Waals surface area contributed by atoms with Crippen LogP contribution in [0.4, 0.5) is 37.7 Å². The Bertz CT molecular complexity index is 1320. The molecule has 2 aromatic rings. The van der Waals surface area contributed by atoms with E-state index in [1.165, 1.54) is 11.1 Å². The molecule has 0 radical (unpaired) electrons. The number of carboxylic acids is 2. The van der Waals surface area contributed by atoms with Crippen molar-refractivity contribution in [3.05, 3.63) is 59.7 Å². The third-order valence-electron chi connectivity index (χ3n) is 5.87. The molecule has 2 aliphatic heterocycles. The van der Waals surface area contributed by atoms with Crippen molar-refractivity contribution >= 4 is 41.0 Å². The summed E-state index contributed by atoms with van der Waals surface area (Å²) in [4.78, 5) is 47.9. The molecular formula is C26H26F6N4O7. The number of carbonyl (C=O) groups is 4.